The van der Waals surface area contributed by atoms with Gasteiger partial charge in [-0.25, -0.2) is 0 Å². The topological polar surface area (TPSA) is 42.0 Å². The van der Waals surface area contributed by atoms with Crippen LogP contribution in [0.4, 0.5) is 11.4 Å². The van der Waals surface area contributed by atoms with E-state index in [0.717, 1.165) is 64.4 Å². The number of ether oxygens (including phenoxy) is 2. The quantitative estimate of drug-likeness (QED) is 0.238. The van der Waals surface area contributed by atoms with Gasteiger partial charge in [0.1, 0.15) is 18.1 Å². The van der Waals surface area contributed by atoms with Gasteiger partial charge in [0.15, 0.2) is 0 Å². The highest BCUT2D eigenvalue weighted by atomic mass is 16.5. The lowest BCUT2D eigenvalue weighted by molar-refractivity contribution is -0.120. The van der Waals surface area contributed by atoms with Gasteiger partial charge < -0.3 is 19.3 Å². The van der Waals surface area contributed by atoms with Crippen molar-refractivity contribution in [2.45, 2.75) is 38.3 Å². The lowest BCUT2D eigenvalue weighted by Crippen LogP contribution is -2.36. The second kappa shape index (κ2) is 12.1. The Labute approximate surface area is 231 Å². The van der Waals surface area contributed by atoms with Crippen LogP contribution in [0.15, 0.2) is 97.1 Å². The molecule has 0 aliphatic heterocycles. The van der Waals surface area contributed by atoms with Gasteiger partial charge in [-0.05, 0) is 84.0 Å². The van der Waals surface area contributed by atoms with E-state index in [1.165, 1.54) is 0 Å². The number of methoxy groups -OCH3 is 1. The molecule has 39 heavy (non-hydrogen) atoms. The van der Waals surface area contributed by atoms with Gasteiger partial charge >= 0.3 is 0 Å². The van der Waals surface area contributed by atoms with Crippen molar-refractivity contribution in [2.24, 2.45) is 0 Å². The summed E-state index contributed by atoms with van der Waals surface area (Å²) >= 11 is 0. The van der Waals surface area contributed by atoms with Crippen LogP contribution in [0.25, 0.3) is 0 Å². The van der Waals surface area contributed by atoms with Crippen LogP contribution in [0.1, 0.15) is 41.0 Å². The fraction of sp³-hybridized carbons (Fsp3) is 0.265. The SMILES string of the molecule is COc1ccc(N(Cc2ccc(N(C)C)cc2)C(=O)C2CCCc3c(OCc4ccccc4)cccc32)cc1. The number of hydrogen-bond acceptors (Lipinski definition) is 4. The third kappa shape index (κ3) is 6.09. The molecule has 0 bridgehead atoms. The summed E-state index contributed by atoms with van der Waals surface area (Å²) in [6, 6.07) is 32.5. The second-order valence-corrected chi connectivity index (χ2v) is 10.2. The van der Waals surface area contributed by atoms with E-state index in [4.69, 9.17) is 9.47 Å². The van der Waals surface area contributed by atoms with Crippen molar-refractivity contribution in [3.05, 3.63) is 119 Å². The van der Waals surface area contributed by atoms with Crippen LogP contribution < -0.4 is 19.3 Å². The lowest BCUT2D eigenvalue weighted by atomic mass is 9.81. The number of fused-ring (bicyclic) bond motifs is 1. The molecule has 0 spiro atoms. The van der Waals surface area contributed by atoms with Crippen molar-refractivity contribution >= 4 is 17.3 Å². The van der Waals surface area contributed by atoms with E-state index < -0.39 is 0 Å². The Bertz CT molecular complexity index is 1380. The van der Waals surface area contributed by atoms with Crippen molar-refractivity contribution in [3.8, 4) is 11.5 Å². The molecule has 0 saturated heterocycles. The Kier molecular flexibility index (Phi) is 8.16. The first-order valence-electron chi connectivity index (χ1n) is 13.5. The summed E-state index contributed by atoms with van der Waals surface area (Å²) in [6.45, 7) is 1.01. The molecule has 1 amide bonds. The molecule has 1 aliphatic rings. The van der Waals surface area contributed by atoms with Gasteiger partial charge in [0.25, 0.3) is 0 Å². The predicted molar refractivity (Wildman–Crippen MR) is 158 cm³/mol. The van der Waals surface area contributed by atoms with Crippen LogP contribution in [0.3, 0.4) is 0 Å². The monoisotopic (exact) mass is 520 g/mol. The molecule has 1 unspecified atom stereocenters. The number of carbonyl (C=O) groups excluding carboxylic acids is 1. The van der Waals surface area contributed by atoms with E-state index >= 15 is 0 Å². The Morgan fingerprint density at radius 3 is 2.23 bits per heavy atom. The highest BCUT2D eigenvalue weighted by molar-refractivity contribution is 5.98. The molecule has 5 heteroatoms. The third-order valence-corrected chi connectivity index (χ3v) is 7.44. The lowest BCUT2D eigenvalue weighted by Gasteiger charge is -2.32. The first kappa shape index (κ1) is 26.4. The van der Waals surface area contributed by atoms with Crippen molar-refractivity contribution in [2.75, 3.05) is 31.0 Å². The highest BCUT2D eigenvalue weighted by Crippen LogP contribution is 2.39. The van der Waals surface area contributed by atoms with Crippen LogP contribution in [-0.2, 0) is 24.4 Å². The maximum Gasteiger partial charge on any atom is 0.234 e. The van der Waals surface area contributed by atoms with Gasteiger partial charge in [-0.1, -0.05) is 54.6 Å². The Balaban J connectivity index is 1.44. The molecule has 5 rings (SSSR count). The fourth-order valence-electron chi connectivity index (χ4n) is 5.27. The fourth-order valence-corrected chi connectivity index (χ4v) is 5.27. The summed E-state index contributed by atoms with van der Waals surface area (Å²) < 4.78 is 11.6. The molecular formula is C34H36N2O3. The van der Waals surface area contributed by atoms with Crippen molar-refractivity contribution in [3.63, 3.8) is 0 Å². The smallest absolute Gasteiger partial charge is 0.234 e. The van der Waals surface area contributed by atoms with E-state index in [0.29, 0.717) is 13.2 Å². The van der Waals surface area contributed by atoms with Gasteiger partial charge in [-0.2, -0.15) is 0 Å². The van der Waals surface area contributed by atoms with E-state index in [1.54, 1.807) is 7.11 Å². The number of hydrogen-bond donors (Lipinski definition) is 0. The van der Waals surface area contributed by atoms with Crippen LogP contribution in [0.5, 0.6) is 11.5 Å². The van der Waals surface area contributed by atoms with Crippen molar-refractivity contribution in [1.82, 2.24) is 0 Å². The molecule has 4 aromatic rings. The number of nitrogens with zero attached hydrogens (tertiary/aromatic N) is 2. The van der Waals surface area contributed by atoms with Crippen LogP contribution in [0.2, 0.25) is 0 Å². The molecule has 4 aromatic carbocycles. The molecule has 0 heterocycles. The minimum absolute atomic E-state index is 0.109. The Morgan fingerprint density at radius 2 is 1.54 bits per heavy atom. The van der Waals surface area contributed by atoms with E-state index in [9.17, 15) is 4.79 Å². The van der Waals surface area contributed by atoms with Crippen LogP contribution in [-0.4, -0.2) is 27.1 Å². The average Bonchev–Trinajstić information content (AvgIpc) is 2.99. The summed E-state index contributed by atoms with van der Waals surface area (Å²) in [5.74, 6) is 1.53. The van der Waals surface area contributed by atoms with Gasteiger partial charge in [-0.15, -0.1) is 0 Å². The summed E-state index contributed by atoms with van der Waals surface area (Å²) in [4.78, 5) is 18.3. The van der Waals surface area contributed by atoms with Gasteiger partial charge in [0.2, 0.25) is 5.91 Å². The summed E-state index contributed by atoms with van der Waals surface area (Å²) in [7, 11) is 5.71. The summed E-state index contributed by atoms with van der Waals surface area (Å²) in [6.07, 6.45) is 2.68. The largest absolute Gasteiger partial charge is 0.497 e. The zero-order valence-electron chi connectivity index (χ0n) is 23.0. The number of rotatable bonds is 9. The highest BCUT2D eigenvalue weighted by Gasteiger charge is 2.32. The van der Waals surface area contributed by atoms with Crippen LogP contribution >= 0.6 is 0 Å². The number of carbonyl (C=O) groups is 1. The normalized spacial score (nSPS) is 14.3. The molecule has 5 nitrogen and oxygen atoms in total. The van der Waals surface area contributed by atoms with Crippen molar-refractivity contribution < 1.29 is 14.3 Å². The molecule has 1 aliphatic carbocycles. The molecular weight excluding hydrogens is 484 g/mol. The summed E-state index contributed by atoms with van der Waals surface area (Å²) in [5, 5.41) is 0. The minimum Gasteiger partial charge on any atom is -0.497 e. The molecule has 1 atom stereocenters. The van der Waals surface area contributed by atoms with Gasteiger partial charge in [-0.3, -0.25) is 4.79 Å². The van der Waals surface area contributed by atoms with Crippen LogP contribution in [0, 0.1) is 0 Å². The maximum atomic E-state index is 14.3. The zero-order valence-corrected chi connectivity index (χ0v) is 23.0. The molecule has 0 fully saturated rings. The third-order valence-electron chi connectivity index (χ3n) is 7.44. The predicted octanol–water partition coefficient (Wildman–Crippen LogP) is 6.99. The summed E-state index contributed by atoms with van der Waals surface area (Å²) in [5.41, 5.74) is 6.44. The first-order chi connectivity index (χ1) is 19.0. The minimum atomic E-state index is -0.225. The van der Waals surface area contributed by atoms with Crippen molar-refractivity contribution in [1.29, 1.82) is 0 Å². The number of benzene rings is 4. The van der Waals surface area contributed by atoms with E-state index in [2.05, 4.69) is 47.4 Å². The first-order valence-corrected chi connectivity index (χ1v) is 13.5. The number of anilines is 2. The molecule has 0 radical (unpaired) electrons. The second-order valence-electron chi connectivity index (χ2n) is 10.2. The average molecular weight is 521 g/mol. The van der Waals surface area contributed by atoms with Gasteiger partial charge in [0, 0.05) is 25.5 Å². The molecule has 0 N–H and O–H groups in total. The van der Waals surface area contributed by atoms with Gasteiger partial charge in [0.05, 0.1) is 19.6 Å². The molecule has 0 aromatic heterocycles. The van der Waals surface area contributed by atoms with E-state index in [1.807, 2.05) is 73.6 Å². The zero-order chi connectivity index (χ0) is 27.2. The van der Waals surface area contributed by atoms with E-state index in [-0.39, 0.29) is 11.8 Å². The Hall–Kier alpha value is -4.25. The maximum absolute atomic E-state index is 14.3. The Morgan fingerprint density at radius 1 is 0.821 bits per heavy atom. The number of amides is 1. The standard InChI is InChI=1S/C34H36N2O3/c1-35(2)27-17-15-25(16-18-27)23-36(28-19-21-29(38-3)22-20-28)34(37)32-13-7-12-31-30(32)11-8-14-33(31)39-24-26-9-5-4-6-10-26/h4-6,8-11,14-22,32H,7,12-13,23-24H2,1-3H3. The molecule has 200 valence electrons. The molecule has 0 saturated carbocycles.